The normalized spacial score (nSPS) is 12.9. The molecule has 1 unspecified atom stereocenters. The molecule has 18 heavy (non-hydrogen) atoms. The summed E-state index contributed by atoms with van der Waals surface area (Å²) in [6.07, 6.45) is 1.14. The Morgan fingerprint density at radius 1 is 1.06 bits per heavy atom. The zero-order chi connectivity index (χ0) is 13.4. The Kier molecular flexibility index (Phi) is 6.99. The van der Waals surface area contributed by atoms with E-state index in [0.717, 1.165) is 32.6 Å². The summed E-state index contributed by atoms with van der Waals surface area (Å²) in [5.41, 5.74) is 2.74. The van der Waals surface area contributed by atoms with Crippen LogP contribution in [-0.4, -0.2) is 31.1 Å². The molecule has 1 rings (SSSR count). The van der Waals surface area contributed by atoms with E-state index in [1.165, 1.54) is 11.1 Å². The highest BCUT2D eigenvalue weighted by molar-refractivity contribution is 5.24. The lowest BCUT2D eigenvalue weighted by molar-refractivity contribution is 0.295. The molecule has 0 spiro atoms. The number of aryl methyl sites for hydroxylation is 1. The summed E-state index contributed by atoms with van der Waals surface area (Å²) < 4.78 is 0. The second kappa shape index (κ2) is 8.28. The number of likely N-dealkylation sites (N-methyl/N-ethyl adjacent to an activating group) is 1. The fourth-order valence-corrected chi connectivity index (χ4v) is 2.23. The highest BCUT2D eigenvalue weighted by Crippen LogP contribution is 2.16. The van der Waals surface area contributed by atoms with E-state index in [1.807, 2.05) is 0 Å². The Morgan fingerprint density at radius 2 is 1.67 bits per heavy atom. The number of hydrogen-bond acceptors (Lipinski definition) is 2. The SMILES string of the molecule is CCC(NCCN(CC)CC)c1ccc(C)cc1. The molecule has 0 aliphatic heterocycles. The highest BCUT2D eigenvalue weighted by Gasteiger charge is 2.08. The standard InChI is InChI=1S/C16H28N2/c1-5-16(15-10-8-14(4)9-11-15)17-12-13-18(6-2)7-3/h8-11,16-17H,5-7,12-13H2,1-4H3. The molecule has 0 fully saturated rings. The summed E-state index contributed by atoms with van der Waals surface area (Å²) in [5.74, 6) is 0. The maximum Gasteiger partial charge on any atom is 0.0318 e. The zero-order valence-electron chi connectivity index (χ0n) is 12.4. The fraction of sp³-hybridized carbons (Fsp3) is 0.625. The molecule has 102 valence electrons. The molecule has 0 aliphatic rings. The molecular formula is C16H28N2. The minimum Gasteiger partial charge on any atom is -0.309 e. The van der Waals surface area contributed by atoms with E-state index in [0.29, 0.717) is 6.04 Å². The van der Waals surface area contributed by atoms with Crippen LogP contribution in [0.4, 0.5) is 0 Å². The average Bonchev–Trinajstić information content (AvgIpc) is 2.41. The van der Waals surface area contributed by atoms with Gasteiger partial charge in [0, 0.05) is 19.1 Å². The second-order valence-corrected chi connectivity index (χ2v) is 4.85. The number of rotatable bonds is 8. The molecular weight excluding hydrogens is 220 g/mol. The van der Waals surface area contributed by atoms with Crippen molar-refractivity contribution in [2.24, 2.45) is 0 Å². The first-order chi connectivity index (χ1) is 8.71. The Balaban J connectivity index is 2.44. The molecule has 0 saturated heterocycles. The zero-order valence-corrected chi connectivity index (χ0v) is 12.4. The topological polar surface area (TPSA) is 15.3 Å². The Hall–Kier alpha value is -0.860. The van der Waals surface area contributed by atoms with Gasteiger partial charge < -0.3 is 10.2 Å². The van der Waals surface area contributed by atoms with Gasteiger partial charge in [-0.15, -0.1) is 0 Å². The molecule has 0 radical (unpaired) electrons. The van der Waals surface area contributed by atoms with Crippen LogP contribution >= 0.6 is 0 Å². The minimum atomic E-state index is 0.487. The maximum absolute atomic E-state index is 3.66. The predicted octanol–water partition coefficient (Wildman–Crippen LogP) is 3.38. The van der Waals surface area contributed by atoms with Gasteiger partial charge in [0.15, 0.2) is 0 Å². The van der Waals surface area contributed by atoms with Gasteiger partial charge in [-0.2, -0.15) is 0 Å². The quantitative estimate of drug-likeness (QED) is 0.759. The lowest BCUT2D eigenvalue weighted by Crippen LogP contribution is -2.33. The molecule has 0 bridgehead atoms. The minimum absolute atomic E-state index is 0.487. The smallest absolute Gasteiger partial charge is 0.0318 e. The molecule has 0 aromatic heterocycles. The summed E-state index contributed by atoms with van der Waals surface area (Å²) in [4.78, 5) is 2.45. The van der Waals surface area contributed by atoms with E-state index in [2.05, 4.69) is 62.2 Å². The fourth-order valence-electron chi connectivity index (χ4n) is 2.23. The molecule has 1 aromatic carbocycles. The van der Waals surface area contributed by atoms with E-state index in [4.69, 9.17) is 0 Å². The number of nitrogens with zero attached hydrogens (tertiary/aromatic N) is 1. The largest absolute Gasteiger partial charge is 0.309 e. The van der Waals surface area contributed by atoms with Gasteiger partial charge in [0.25, 0.3) is 0 Å². The lowest BCUT2D eigenvalue weighted by atomic mass is 10.0. The van der Waals surface area contributed by atoms with Crippen LogP contribution in [0, 0.1) is 6.92 Å². The van der Waals surface area contributed by atoms with E-state index in [1.54, 1.807) is 0 Å². The summed E-state index contributed by atoms with van der Waals surface area (Å²) in [7, 11) is 0. The van der Waals surface area contributed by atoms with E-state index < -0.39 is 0 Å². The van der Waals surface area contributed by atoms with Gasteiger partial charge in [-0.3, -0.25) is 0 Å². The van der Waals surface area contributed by atoms with Crippen molar-refractivity contribution in [3.63, 3.8) is 0 Å². The van der Waals surface area contributed by atoms with Crippen LogP contribution in [0.2, 0.25) is 0 Å². The first-order valence-electron chi connectivity index (χ1n) is 7.23. The molecule has 0 aliphatic carbocycles. The molecule has 0 amide bonds. The molecule has 0 saturated carbocycles. The van der Waals surface area contributed by atoms with Crippen molar-refractivity contribution in [3.05, 3.63) is 35.4 Å². The summed E-state index contributed by atoms with van der Waals surface area (Å²) >= 11 is 0. The van der Waals surface area contributed by atoms with Crippen molar-refractivity contribution in [1.29, 1.82) is 0 Å². The molecule has 1 aromatic rings. The van der Waals surface area contributed by atoms with Crippen LogP contribution in [0.15, 0.2) is 24.3 Å². The summed E-state index contributed by atoms with van der Waals surface area (Å²) in [6, 6.07) is 9.37. The Bertz CT molecular complexity index is 314. The monoisotopic (exact) mass is 248 g/mol. The Morgan fingerprint density at radius 3 is 2.17 bits per heavy atom. The van der Waals surface area contributed by atoms with Gasteiger partial charge in [-0.1, -0.05) is 50.6 Å². The molecule has 1 N–H and O–H groups in total. The van der Waals surface area contributed by atoms with Gasteiger partial charge >= 0.3 is 0 Å². The third-order valence-corrected chi connectivity index (χ3v) is 3.60. The predicted molar refractivity (Wildman–Crippen MR) is 80.0 cm³/mol. The van der Waals surface area contributed by atoms with Crippen molar-refractivity contribution in [2.45, 2.75) is 40.2 Å². The van der Waals surface area contributed by atoms with Gasteiger partial charge in [-0.25, -0.2) is 0 Å². The summed E-state index contributed by atoms with van der Waals surface area (Å²) in [6.45, 7) is 13.3. The average molecular weight is 248 g/mol. The molecule has 2 heteroatoms. The Labute approximate surface area is 112 Å². The van der Waals surface area contributed by atoms with Crippen LogP contribution in [0.5, 0.6) is 0 Å². The first kappa shape index (κ1) is 15.2. The second-order valence-electron chi connectivity index (χ2n) is 4.85. The maximum atomic E-state index is 3.66. The van der Waals surface area contributed by atoms with Crippen LogP contribution in [-0.2, 0) is 0 Å². The van der Waals surface area contributed by atoms with Crippen LogP contribution in [0.1, 0.15) is 44.4 Å². The van der Waals surface area contributed by atoms with Crippen molar-refractivity contribution < 1.29 is 0 Å². The number of nitrogens with one attached hydrogen (secondary N) is 1. The van der Waals surface area contributed by atoms with E-state index in [-0.39, 0.29) is 0 Å². The molecule has 2 nitrogen and oxygen atoms in total. The van der Waals surface area contributed by atoms with Crippen LogP contribution < -0.4 is 5.32 Å². The van der Waals surface area contributed by atoms with Crippen molar-refractivity contribution in [2.75, 3.05) is 26.2 Å². The van der Waals surface area contributed by atoms with Crippen molar-refractivity contribution in [3.8, 4) is 0 Å². The van der Waals surface area contributed by atoms with Gasteiger partial charge in [0.05, 0.1) is 0 Å². The highest BCUT2D eigenvalue weighted by atomic mass is 15.1. The molecule has 1 atom stereocenters. The van der Waals surface area contributed by atoms with Crippen LogP contribution in [0.3, 0.4) is 0 Å². The number of hydrogen-bond donors (Lipinski definition) is 1. The van der Waals surface area contributed by atoms with Gasteiger partial charge in [0.1, 0.15) is 0 Å². The van der Waals surface area contributed by atoms with E-state index in [9.17, 15) is 0 Å². The third-order valence-electron chi connectivity index (χ3n) is 3.60. The van der Waals surface area contributed by atoms with Crippen molar-refractivity contribution in [1.82, 2.24) is 10.2 Å². The van der Waals surface area contributed by atoms with Gasteiger partial charge in [-0.05, 0) is 32.0 Å². The lowest BCUT2D eigenvalue weighted by Gasteiger charge is -2.22. The summed E-state index contributed by atoms with van der Waals surface area (Å²) in [5, 5.41) is 3.66. The van der Waals surface area contributed by atoms with Crippen LogP contribution in [0.25, 0.3) is 0 Å². The number of benzene rings is 1. The molecule has 0 heterocycles. The first-order valence-corrected chi connectivity index (χ1v) is 7.23. The van der Waals surface area contributed by atoms with E-state index >= 15 is 0 Å². The third kappa shape index (κ3) is 4.79. The van der Waals surface area contributed by atoms with Crippen molar-refractivity contribution >= 4 is 0 Å². The van der Waals surface area contributed by atoms with Gasteiger partial charge in [0.2, 0.25) is 0 Å².